The number of amides is 1. The van der Waals surface area contributed by atoms with Gasteiger partial charge in [0.1, 0.15) is 10.6 Å². The molecule has 0 bridgehead atoms. The van der Waals surface area contributed by atoms with Crippen LogP contribution in [0.25, 0.3) is 0 Å². The lowest BCUT2D eigenvalue weighted by atomic mass is 10.1. The first-order valence-corrected chi connectivity index (χ1v) is 12.1. The summed E-state index contributed by atoms with van der Waals surface area (Å²) in [7, 11) is -1.91. The molecule has 1 amide bonds. The third-order valence-corrected chi connectivity index (χ3v) is 7.93. The van der Waals surface area contributed by atoms with Crippen molar-refractivity contribution in [3.05, 3.63) is 47.3 Å². The normalized spacial score (nSPS) is 18.4. The fourth-order valence-electron chi connectivity index (χ4n) is 4.30. The number of carbonyl (C=O) groups is 1. The van der Waals surface area contributed by atoms with Gasteiger partial charge in [0.2, 0.25) is 10.0 Å². The fourth-order valence-corrected chi connectivity index (χ4v) is 5.78. The van der Waals surface area contributed by atoms with Gasteiger partial charge in [0, 0.05) is 58.2 Å². The number of sulfonamides is 1. The van der Waals surface area contributed by atoms with Gasteiger partial charge < -0.3 is 19.1 Å². The molecule has 0 spiro atoms. The van der Waals surface area contributed by atoms with Gasteiger partial charge in [-0.3, -0.25) is 4.79 Å². The number of aromatic nitrogens is 1. The highest BCUT2D eigenvalue weighted by molar-refractivity contribution is 7.89. The molecule has 2 aromatic rings. The van der Waals surface area contributed by atoms with E-state index in [1.54, 1.807) is 16.5 Å². The number of carbonyl (C=O) groups excluding carboxylic acids is 1. The number of hydrogen-bond donors (Lipinski definition) is 0. The average molecular weight is 447 g/mol. The summed E-state index contributed by atoms with van der Waals surface area (Å²) >= 11 is 0. The van der Waals surface area contributed by atoms with Crippen molar-refractivity contribution in [1.82, 2.24) is 13.8 Å². The molecule has 0 radical (unpaired) electrons. The predicted molar refractivity (Wildman–Crippen MR) is 119 cm³/mol. The van der Waals surface area contributed by atoms with Gasteiger partial charge in [-0.05, 0) is 31.5 Å². The summed E-state index contributed by atoms with van der Waals surface area (Å²) < 4.78 is 34.2. The fraction of sp³-hybridized carbons (Fsp3) is 0.500. The minimum atomic E-state index is -3.63. The quantitative estimate of drug-likeness (QED) is 0.714. The van der Waals surface area contributed by atoms with E-state index in [9.17, 15) is 13.2 Å². The van der Waals surface area contributed by atoms with Gasteiger partial charge in [-0.25, -0.2) is 8.42 Å². The highest BCUT2D eigenvalue weighted by atomic mass is 32.2. The zero-order valence-electron chi connectivity index (χ0n) is 18.4. The molecule has 0 unspecified atom stereocenters. The van der Waals surface area contributed by atoms with E-state index in [1.165, 1.54) is 33.4 Å². The Morgan fingerprint density at radius 1 is 0.968 bits per heavy atom. The second-order valence-corrected chi connectivity index (χ2v) is 10.2. The van der Waals surface area contributed by atoms with Crippen molar-refractivity contribution in [3.8, 4) is 0 Å². The Morgan fingerprint density at radius 2 is 1.65 bits per heavy atom. The molecule has 1 aromatic heterocycles. The van der Waals surface area contributed by atoms with E-state index in [4.69, 9.17) is 4.74 Å². The summed E-state index contributed by atoms with van der Waals surface area (Å²) in [6, 6.07) is 7.93. The van der Waals surface area contributed by atoms with E-state index in [-0.39, 0.29) is 10.8 Å². The highest BCUT2D eigenvalue weighted by Crippen LogP contribution is 2.24. The maximum absolute atomic E-state index is 13.2. The molecule has 2 aliphatic rings. The number of aryl methyl sites for hydroxylation is 3. The lowest BCUT2D eigenvalue weighted by Gasteiger charge is -2.37. The third kappa shape index (κ3) is 4.35. The molecule has 0 N–H and O–H groups in total. The van der Waals surface area contributed by atoms with Crippen LogP contribution in [0.5, 0.6) is 0 Å². The van der Waals surface area contributed by atoms with Crippen LogP contribution in [0.15, 0.2) is 35.4 Å². The molecule has 0 atom stereocenters. The number of ether oxygens (including phenoxy) is 1. The smallest absolute Gasteiger partial charge is 0.270 e. The first-order valence-electron chi connectivity index (χ1n) is 10.6. The lowest BCUT2D eigenvalue weighted by molar-refractivity contribution is 0.0729. The van der Waals surface area contributed by atoms with Gasteiger partial charge in [0.05, 0.1) is 13.2 Å². The van der Waals surface area contributed by atoms with Crippen molar-refractivity contribution in [2.24, 2.45) is 7.05 Å². The van der Waals surface area contributed by atoms with Gasteiger partial charge in [-0.15, -0.1) is 0 Å². The second kappa shape index (κ2) is 8.64. The Morgan fingerprint density at radius 3 is 2.29 bits per heavy atom. The molecule has 2 saturated heterocycles. The van der Waals surface area contributed by atoms with Crippen LogP contribution in [0.4, 0.5) is 5.69 Å². The third-order valence-electron chi connectivity index (χ3n) is 6.07. The van der Waals surface area contributed by atoms with E-state index in [0.717, 1.165) is 13.1 Å². The molecule has 31 heavy (non-hydrogen) atoms. The number of morpholine rings is 1. The van der Waals surface area contributed by atoms with Gasteiger partial charge in [-0.2, -0.15) is 4.31 Å². The molecule has 168 valence electrons. The van der Waals surface area contributed by atoms with Crippen LogP contribution in [-0.4, -0.2) is 80.6 Å². The molecule has 2 aliphatic heterocycles. The number of hydrogen-bond acceptors (Lipinski definition) is 5. The molecule has 9 heteroatoms. The van der Waals surface area contributed by atoms with E-state index in [2.05, 4.69) is 36.9 Å². The Hall–Kier alpha value is -2.36. The van der Waals surface area contributed by atoms with E-state index < -0.39 is 10.0 Å². The largest absolute Gasteiger partial charge is 0.379 e. The molecule has 3 heterocycles. The minimum Gasteiger partial charge on any atom is -0.379 e. The van der Waals surface area contributed by atoms with Crippen LogP contribution in [0.1, 0.15) is 21.6 Å². The number of nitrogens with zero attached hydrogens (tertiary/aromatic N) is 4. The Bertz CT molecular complexity index is 1070. The molecule has 1 aromatic carbocycles. The Labute approximate surface area is 184 Å². The van der Waals surface area contributed by atoms with Crippen LogP contribution in [0.2, 0.25) is 0 Å². The average Bonchev–Trinajstić information content (AvgIpc) is 3.16. The highest BCUT2D eigenvalue weighted by Gasteiger charge is 2.30. The summed E-state index contributed by atoms with van der Waals surface area (Å²) in [4.78, 5) is 17.4. The first-order chi connectivity index (χ1) is 14.8. The predicted octanol–water partition coefficient (Wildman–Crippen LogP) is 1.63. The molecular weight excluding hydrogens is 416 g/mol. The van der Waals surface area contributed by atoms with E-state index >= 15 is 0 Å². The summed E-state index contributed by atoms with van der Waals surface area (Å²) in [6.45, 7) is 8.34. The first kappa shape index (κ1) is 21.9. The molecule has 8 nitrogen and oxygen atoms in total. The SMILES string of the molecule is Cc1ccc(N2CCN(C(=O)c3cc(S(=O)(=O)N4CCOCC4)cn3C)CC2)c(C)c1. The van der Waals surface area contributed by atoms with E-state index in [1.807, 2.05) is 0 Å². The zero-order valence-corrected chi connectivity index (χ0v) is 19.2. The van der Waals surface area contributed by atoms with Crippen LogP contribution in [0, 0.1) is 13.8 Å². The number of piperazine rings is 1. The maximum Gasteiger partial charge on any atom is 0.270 e. The molecule has 2 fully saturated rings. The van der Waals surface area contributed by atoms with Gasteiger partial charge in [-0.1, -0.05) is 17.7 Å². The van der Waals surface area contributed by atoms with Crippen LogP contribution < -0.4 is 4.90 Å². The Kier molecular flexibility index (Phi) is 6.09. The number of rotatable bonds is 4. The van der Waals surface area contributed by atoms with Gasteiger partial charge in [0.25, 0.3) is 5.91 Å². The second-order valence-electron chi connectivity index (χ2n) is 8.26. The summed E-state index contributed by atoms with van der Waals surface area (Å²) in [5, 5.41) is 0. The topological polar surface area (TPSA) is 75.1 Å². The van der Waals surface area contributed by atoms with Crippen molar-refractivity contribution < 1.29 is 17.9 Å². The minimum absolute atomic E-state index is 0.133. The lowest BCUT2D eigenvalue weighted by Crippen LogP contribution is -2.49. The van der Waals surface area contributed by atoms with Crippen molar-refractivity contribution in [2.75, 3.05) is 57.4 Å². The summed E-state index contributed by atoms with van der Waals surface area (Å²) in [5.41, 5.74) is 4.07. The van der Waals surface area contributed by atoms with Crippen molar-refractivity contribution in [2.45, 2.75) is 18.7 Å². The van der Waals surface area contributed by atoms with Gasteiger partial charge >= 0.3 is 0 Å². The van der Waals surface area contributed by atoms with E-state index in [0.29, 0.717) is 45.1 Å². The van der Waals surface area contributed by atoms with Gasteiger partial charge in [0.15, 0.2) is 0 Å². The molecule has 0 saturated carbocycles. The van der Waals surface area contributed by atoms with Crippen molar-refractivity contribution >= 4 is 21.6 Å². The Balaban J connectivity index is 1.46. The van der Waals surface area contributed by atoms with Crippen LogP contribution in [-0.2, 0) is 21.8 Å². The zero-order chi connectivity index (χ0) is 22.2. The molecule has 0 aliphatic carbocycles. The summed E-state index contributed by atoms with van der Waals surface area (Å²) in [6.07, 6.45) is 1.53. The maximum atomic E-state index is 13.2. The molecular formula is C22H30N4O4S. The van der Waals surface area contributed by atoms with Crippen LogP contribution >= 0.6 is 0 Å². The molecule has 4 rings (SSSR count). The monoisotopic (exact) mass is 446 g/mol. The van der Waals surface area contributed by atoms with Crippen molar-refractivity contribution in [1.29, 1.82) is 0 Å². The van der Waals surface area contributed by atoms with Crippen LogP contribution in [0.3, 0.4) is 0 Å². The summed E-state index contributed by atoms with van der Waals surface area (Å²) in [5.74, 6) is -0.133. The number of benzene rings is 1. The number of anilines is 1. The van der Waals surface area contributed by atoms with Crippen molar-refractivity contribution in [3.63, 3.8) is 0 Å². The standard InChI is InChI=1S/C22H30N4O4S/c1-17-4-5-20(18(2)14-17)24-6-8-25(9-7-24)22(27)21-15-19(16-23(21)3)31(28,29)26-10-12-30-13-11-26/h4-5,14-16H,6-13H2,1-3H3.